The minimum Gasteiger partial charge on any atom is -0.356 e. The zero-order valence-corrected chi connectivity index (χ0v) is 12.8. The van der Waals surface area contributed by atoms with Crippen LogP contribution < -0.4 is 10.2 Å². The summed E-state index contributed by atoms with van der Waals surface area (Å²) in [5, 5.41) is 3.38. The molecular formula is C14H25N3S. The molecule has 1 heterocycles. The summed E-state index contributed by atoms with van der Waals surface area (Å²) in [4.78, 5) is 6.88. The second-order valence-electron chi connectivity index (χ2n) is 4.39. The first kappa shape index (κ1) is 15.3. The molecular weight excluding hydrogens is 242 g/mol. The number of pyridine rings is 1. The third-order valence-corrected chi connectivity index (χ3v) is 3.86. The van der Waals surface area contributed by atoms with E-state index in [0.29, 0.717) is 6.04 Å². The van der Waals surface area contributed by atoms with E-state index in [2.05, 4.69) is 48.4 Å². The van der Waals surface area contributed by atoms with Gasteiger partial charge in [-0.25, -0.2) is 4.98 Å². The number of anilines is 1. The van der Waals surface area contributed by atoms with Crippen LogP contribution in [0.25, 0.3) is 0 Å². The predicted octanol–water partition coefficient (Wildman–Crippen LogP) is 2.77. The van der Waals surface area contributed by atoms with Crippen molar-refractivity contribution in [2.45, 2.75) is 32.9 Å². The van der Waals surface area contributed by atoms with Gasteiger partial charge in [-0.3, -0.25) is 0 Å². The Bertz CT molecular complexity index is 344. The van der Waals surface area contributed by atoms with Crippen molar-refractivity contribution in [3.63, 3.8) is 0 Å². The maximum Gasteiger partial charge on any atom is 0.133 e. The number of aromatic nitrogens is 1. The molecule has 18 heavy (non-hydrogen) atoms. The van der Waals surface area contributed by atoms with Crippen LogP contribution in [-0.2, 0) is 6.54 Å². The van der Waals surface area contributed by atoms with Gasteiger partial charge in [0, 0.05) is 37.1 Å². The molecule has 1 aromatic heterocycles. The normalized spacial score (nSPS) is 12.4. The summed E-state index contributed by atoms with van der Waals surface area (Å²) in [5.41, 5.74) is 1.28. The van der Waals surface area contributed by atoms with Crippen LogP contribution in [0.3, 0.4) is 0 Å². The van der Waals surface area contributed by atoms with E-state index in [1.54, 1.807) is 0 Å². The van der Waals surface area contributed by atoms with Gasteiger partial charge in [-0.2, -0.15) is 11.8 Å². The number of hydrogen-bond donors (Lipinski definition) is 1. The maximum absolute atomic E-state index is 4.56. The van der Waals surface area contributed by atoms with Crippen LogP contribution in [0.15, 0.2) is 18.3 Å². The second-order valence-corrected chi connectivity index (χ2v) is 5.31. The van der Waals surface area contributed by atoms with Gasteiger partial charge in [0.15, 0.2) is 0 Å². The van der Waals surface area contributed by atoms with Gasteiger partial charge in [0.2, 0.25) is 0 Å². The van der Waals surface area contributed by atoms with E-state index >= 15 is 0 Å². The highest BCUT2D eigenvalue weighted by Crippen LogP contribution is 2.20. The van der Waals surface area contributed by atoms with Crippen LogP contribution in [-0.4, -0.2) is 36.6 Å². The monoisotopic (exact) mass is 267 g/mol. The third-order valence-electron chi connectivity index (χ3n) is 3.15. The highest BCUT2D eigenvalue weighted by Gasteiger charge is 2.16. The fourth-order valence-electron chi connectivity index (χ4n) is 2.01. The molecule has 0 fully saturated rings. The molecule has 0 aromatic carbocycles. The highest BCUT2D eigenvalue weighted by atomic mass is 32.2. The number of nitrogens with zero attached hydrogens (tertiary/aromatic N) is 2. The van der Waals surface area contributed by atoms with Crippen molar-refractivity contribution in [3.05, 3.63) is 23.9 Å². The molecule has 0 aliphatic rings. The Kier molecular flexibility index (Phi) is 7.13. The SMILES string of the molecule is CCNCc1cccnc1N(C)C(CC)CSC. The molecule has 0 amide bonds. The molecule has 0 saturated heterocycles. The predicted molar refractivity (Wildman–Crippen MR) is 82.5 cm³/mol. The first-order chi connectivity index (χ1) is 8.74. The molecule has 0 aliphatic heterocycles. The Balaban J connectivity index is 2.85. The molecule has 1 unspecified atom stereocenters. The van der Waals surface area contributed by atoms with E-state index in [9.17, 15) is 0 Å². The Labute approximate surface area is 115 Å². The minimum absolute atomic E-state index is 0.551. The van der Waals surface area contributed by atoms with Gasteiger partial charge < -0.3 is 10.2 Å². The standard InChI is InChI=1S/C14H25N3S/c1-5-13(11-18-4)17(3)14-12(10-15-6-2)8-7-9-16-14/h7-9,13,15H,5-6,10-11H2,1-4H3. The van der Waals surface area contributed by atoms with Gasteiger partial charge >= 0.3 is 0 Å². The Hall–Kier alpha value is -0.740. The van der Waals surface area contributed by atoms with Crippen molar-refractivity contribution in [2.24, 2.45) is 0 Å². The van der Waals surface area contributed by atoms with Crippen molar-refractivity contribution in [3.8, 4) is 0 Å². The van der Waals surface area contributed by atoms with Gasteiger partial charge in [0.25, 0.3) is 0 Å². The summed E-state index contributed by atoms with van der Waals surface area (Å²) in [5.74, 6) is 2.25. The molecule has 0 radical (unpaired) electrons. The summed E-state index contributed by atoms with van der Waals surface area (Å²) < 4.78 is 0. The van der Waals surface area contributed by atoms with Crippen molar-refractivity contribution in [1.82, 2.24) is 10.3 Å². The molecule has 1 atom stereocenters. The molecule has 0 spiro atoms. The highest BCUT2D eigenvalue weighted by molar-refractivity contribution is 7.98. The average Bonchev–Trinajstić information content (AvgIpc) is 2.42. The third kappa shape index (κ3) is 4.18. The van der Waals surface area contributed by atoms with Gasteiger partial charge in [-0.15, -0.1) is 0 Å². The Morgan fingerprint density at radius 1 is 1.44 bits per heavy atom. The van der Waals surface area contributed by atoms with Crippen molar-refractivity contribution >= 4 is 17.6 Å². The minimum atomic E-state index is 0.551. The lowest BCUT2D eigenvalue weighted by atomic mass is 10.2. The molecule has 0 bridgehead atoms. The zero-order valence-electron chi connectivity index (χ0n) is 11.9. The van der Waals surface area contributed by atoms with Crippen LogP contribution >= 0.6 is 11.8 Å². The molecule has 1 rings (SSSR count). The molecule has 1 N–H and O–H groups in total. The summed E-state index contributed by atoms with van der Waals surface area (Å²) in [6, 6.07) is 4.72. The van der Waals surface area contributed by atoms with Crippen LogP contribution in [0.5, 0.6) is 0 Å². The van der Waals surface area contributed by atoms with Gasteiger partial charge in [-0.05, 0) is 25.3 Å². The summed E-state index contributed by atoms with van der Waals surface area (Å²) >= 11 is 1.90. The van der Waals surface area contributed by atoms with Gasteiger partial charge in [0.05, 0.1) is 0 Å². The maximum atomic E-state index is 4.56. The fraction of sp³-hybridized carbons (Fsp3) is 0.643. The van der Waals surface area contributed by atoms with E-state index < -0.39 is 0 Å². The zero-order chi connectivity index (χ0) is 13.4. The average molecular weight is 267 g/mol. The largest absolute Gasteiger partial charge is 0.356 e. The molecule has 0 saturated carbocycles. The summed E-state index contributed by atoms with van der Waals surface area (Å²) in [6.07, 6.45) is 5.19. The van der Waals surface area contributed by atoms with E-state index in [1.807, 2.05) is 24.0 Å². The molecule has 102 valence electrons. The summed E-state index contributed by atoms with van der Waals surface area (Å²) in [7, 11) is 2.15. The van der Waals surface area contributed by atoms with Crippen molar-refractivity contribution in [2.75, 3.05) is 30.5 Å². The molecule has 0 aliphatic carbocycles. The lowest BCUT2D eigenvalue weighted by molar-refractivity contribution is 0.655. The lowest BCUT2D eigenvalue weighted by Crippen LogP contribution is -2.34. The molecule has 3 nitrogen and oxygen atoms in total. The fourth-order valence-corrected chi connectivity index (χ4v) is 2.86. The van der Waals surface area contributed by atoms with Gasteiger partial charge in [0.1, 0.15) is 5.82 Å². The van der Waals surface area contributed by atoms with Crippen LogP contribution in [0.1, 0.15) is 25.8 Å². The lowest BCUT2D eigenvalue weighted by Gasteiger charge is -2.29. The quantitative estimate of drug-likeness (QED) is 0.784. The molecule has 1 aromatic rings. The first-order valence-corrected chi connectivity index (χ1v) is 8.00. The Morgan fingerprint density at radius 3 is 2.83 bits per heavy atom. The topological polar surface area (TPSA) is 28.2 Å². The van der Waals surface area contributed by atoms with Crippen LogP contribution in [0.4, 0.5) is 5.82 Å². The van der Waals surface area contributed by atoms with Crippen LogP contribution in [0, 0.1) is 0 Å². The van der Waals surface area contributed by atoms with E-state index in [-0.39, 0.29) is 0 Å². The number of nitrogens with one attached hydrogen (secondary N) is 1. The Morgan fingerprint density at radius 2 is 2.22 bits per heavy atom. The number of hydrogen-bond acceptors (Lipinski definition) is 4. The van der Waals surface area contributed by atoms with Crippen molar-refractivity contribution in [1.29, 1.82) is 0 Å². The number of thioether (sulfide) groups is 1. The van der Waals surface area contributed by atoms with Crippen LogP contribution in [0.2, 0.25) is 0 Å². The molecule has 4 heteroatoms. The van der Waals surface area contributed by atoms with E-state index in [1.165, 1.54) is 5.56 Å². The second kappa shape index (κ2) is 8.38. The van der Waals surface area contributed by atoms with E-state index in [4.69, 9.17) is 0 Å². The first-order valence-electron chi connectivity index (χ1n) is 6.60. The van der Waals surface area contributed by atoms with Crippen molar-refractivity contribution < 1.29 is 0 Å². The summed E-state index contributed by atoms with van der Waals surface area (Å²) in [6.45, 7) is 6.24. The van der Waals surface area contributed by atoms with E-state index in [0.717, 1.165) is 31.1 Å². The number of rotatable bonds is 8. The van der Waals surface area contributed by atoms with Gasteiger partial charge in [-0.1, -0.05) is 19.9 Å². The smallest absolute Gasteiger partial charge is 0.133 e.